The molecule has 1 aliphatic rings. The lowest BCUT2D eigenvalue weighted by Crippen LogP contribution is -2.38. The van der Waals surface area contributed by atoms with Gasteiger partial charge in [0.15, 0.2) is 11.5 Å². The third-order valence-electron chi connectivity index (χ3n) is 3.73. The number of aliphatic carboxylic acids is 1. The Kier molecular flexibility index (Phi) is 5.44. The van der Waals surface area contributed by atoms with Crippen molar-refractivity contribution in [2.75, 3.05) is 27.2 Å². The molecule has 1 aromatic rings. The van der Waals surface area contributed by atoms with E-state index in [9.17, 15) is 4.79 Å². The van der Waals surface area contributed by atoms with Crippen molar-refractivity contribution in [3.8, 4) is 11.5 Å². The number of hydrogen-bond donors (Lipinski definition) is 1. The Labute approximate surface area is 125 Å². The number of methoxy groups -OCH3 is 1. The predicted octanol–water partition coefficient (Wildman–Crippen LogP) is 2.19. The number of nitrogens with zero attached hydrogens (tertiary/aromatic N) is 1. The Bertz CT molecular complexity index is 489. The standard InChI is InChI=1S/C16H23NO4/c1-17-9-3-4-13(11-17)21-14-7-5-12(6-8-16(18)19)10-15(14)20-2/h5,7,10,13H,3-4,6,8-9,11H2,1-2H3,(H,18,19). The smallest absolute Gasteiger partial charge is 0.303 e. The molecule has 2 rings (SSSR count). The van der Waals surface area contributed by atoms with E-state index in [-0.39, 0.29) is 12.5 Å². The van der Waals surface area contributed by atoms with Gasteiger partial charge in [-0.05, 0) is 50.6 Å². The van der Waals surface area contributed by atoms with Gasteiger partial charge in [-0.25, -0.2) is 0 Å². The highest BCUT2D eigenvalue weighted by molar-refractivity contribution is 5.67. The largest absolute Gasteiger partial charge is 0.493 e. The number of likely N-dealkylation sites (N-methyl/N-ethyl adjacent to an activating group) is 1. The molecular weight excluding hydrogens is 270 g/mol. The van der Waals surface area contributed by atoms with Crippen LogP contribution < -0.4 is 9.47 Å². The van der Waals surface area contributed by atoms with Gasteiger partial charge in [0, 0.05) is 13.0 Å². The molecule has 116 valence electrons. The molecule has 1 aliphatic heterocycles. The van der Waals surface area contributed by atoms with Gasteiger partial charge in [-0.3, -0.25) is 4.79 Å². The third-order valence-corrected chi connectivity index (χ3v) is 3.73. The van der Waals surface area contributed by atoms with Gasteiger partial charge in [0.05, 0.1) is 7.11 Å². The molecule has 1 atom stereocenters. The second-order valence-electron chi connectivity index (χ2n) is 5.52. The van der Waals surface area contributed by atoms with Crippen LogP contribution in [-0.2, 0) is 11.2 Å². The minimum Gasteiger partial charge on any atom is -0.493 e. The Balaban J connectivity index is 2.03. The number of likely N-dealkylation sites (tertiary alicyclic amines) is 1. The summed E-state index contributed by atoms with van der Waals surface area (Å²) >= 11 is 0. The molecule has 1 fully saturated rings. The van der Waals surface area contributed by atoms with E-state index in [1.165, 1.54) is 0 Å². The lowest BCUT2D eigenvalue weighted by Gasteiger charge is -2.30. The van der Waals surface area contributed by atoms with Crippen LogP contribution in [0, 0.1) is 0 Å². The molecule has 0 spiro atoms. The first kappa shape index (κ1) is 15.6. The second-order valence-corrected chi connectivity index (χ2v) is 5.52. The Morgan fingerprint density at radius 1 is 1.43 bits per heavy atom. The maximum absolute atomic E-state index is 10.6. The van der Waals surface area contributed by atoms with Crippen LogP contribution in [0.25, 0.3) is 0 Å². The van der Waals surface area contributed by atoms with Gasteiger partial charge in [-0.15, -0.1) is 0 Å². The quantitative estimate of drug-likeness (QED) is 0.871. The second kappa shape index (κ2) is 7.31. The van der Waals surface area contributed by atoms with Crippen LogP contribution in [0.15, 0.2) is 18.2 Å². The summed E-state index contributed by atoms with van der Waals surface area (Å²) in [6, 6.07) is 5.66. The summed E-state index contributed by atoms with van der Waals surface area (Å²) < 4.78 is 11.4. The fourth-order valence-electron chi connectivity index (χ4n) is 2.61. The van der Waals surface area contributed by atoms with Crippen molar-refractivity contribution in [2.24, 2.45) is 0 Å². The fourth-order valence-corrected chi connectivity index (χ4v) is 2.61. The van der Waals surface area contributed by atoms with Gasteiger partial charge in [0.1, 0.15) is 6.10 Å². The minimum absolute atomic E-state index is 0.122. The van der Waals surface area contributed by atoms with Gasteiger partial charge < -0.3 is 19.5 Å². The van der Waals surface area contributed by atoms with Gasteiger partial charge in [0.25, 0.3) is 0 Å². The summed E-state index contributed by atoms with van der Waals surface area (Å²) in [4.78, 5) is 12.9. The average molecular weight is 293 g/mol. The first-order chi connectivity index (χ1) is 10.1. The zero-order chi connectivity index (χ0) is 15.2. The third kappa shape index (κ3) is 4.63. The SMILES string of the molecule is COc1cc(CCC(=O)O)ccc1OC1CCCN(C)C1. The van der Waals surface area contributed by atoms with Crippen molar-refractivity contribution in [1.29, 1.82) is 0 Å². The molecule has 1 unspecified atom stereocenters. The molecular formula is C16H23NO4. The normalized spacial score (nSPS) is 19.2. The van der Waals surface area contributed by atoms with Crippen LogP contribution in [0.1, 0.15) is 24.8 Å². The van der Waals surface area contributed by atoms with E-state index in [1.807, 2.05) is 18.2 Å². The lowest BCUT2D eigenvalue weighted by atomic mass is 10.1. The van der Waals surface area contributed by atoms with Crippen molar-refractivity contribution in [3.63, 3.8) is 0 Å². The van der Waals surface area contributed by atoms with Gasteiger partial charge in [0.2, 0.25) is 0 Å². The number of aryl methyl sites for hydroxylation is 1. The summed E-state index contributed by atoms with van der Waals surface area (Å²) in [6.45, 7) is 2.04. The number of carboxylic acids is 1. The van der Waals surface area contributed by atoms with E-state index in [4.69, 9.17) is 14.6 Å². The van der Waals surface area contributed by atoms with E-state index in [0.29, 0.717) is 12.2 Å². The van der Waals surface area contributed by atoms with Crippen molar-refractivity contribution < 1.29 is 19.4 Å². The molecule has 0 aliphatic carbocycles. The molecule has 21 heavy (non-hydrogen) atoms. The highest BCUT2D eigenvalue weighted by atomic mass is 16.5. The Hall–Kier alpha value is -1.75. The van der Waals surface area contributed by atoms with Crippen molar-refractivity contribution in [3.05, 3.63) is 23.8 Å². The van der Waals surface area contributed by atoms with Crippen LogP contribution in [0.3, 0.4) is 0 Å². The first-order valence-electron chi connectivity index (χ1n) is 7.32. The molecule has 1 heterocycles. The zero-order valence-electron chi connectivity index (χ0n) is 12.7. The average Bonchev–Trinajstić information content (AvgIpc) is 2.46. The Morgan fingerprint density at radius 2 is 2.24 bits per heavy atom. The molecule has 0 bridgehead atoms. The molecule has 5 heteroatoms. The zero-order valence-corrected chi connectivity index (χ0v) is 12.7. The molecule has 0 aromatic heterocycles. The van der Waals surface area contributed by atoms with Crippen LogP contribution in [0.4, 0.5) is 0 Å². The molecule has 1 saturated heterocycles. The molecule has 0 saturated carbocycles. The number of hydrogen-bond acceptors (Lipinski definition) is 4. The lowest BCUT2D eigenvalue weighted by molar-refractivity contribution is -0.136. The van der Waals surface area contributed by atoms with Gasteiger partial charge in [-0.2, -0.15) is 0 Å². The maximum Gasteiger partial charge on any atom is 0.303 e. The van der Waals surface area contributed by atoms with Crippen molar-refractivity contribution in [1.82, 2.24) is 4.90 Å². The number of rotatable bonds is 6. The van der Waals surface area contributed by atoms with Crippen LogP contribution in [0.5, 0.6) is 11.5 Å². The van der Waals surface area contributed by atoms with E-state index in [1.54, 1.807) is 7.11 Å². The van der Waals surface area contributed by atoms with Crippen molar-refractivity contribution >= 4 is 5.97 Å². The fraction of sp³-hybridized carbons (Fsp3) is 0.562. The summed E-state index contributed by atoms with van der Waals surface area (Å²) in [7, 11) is 3.71. The number of carbonyl (C=O) groups is 1. The summed E-state index contributed by atoms with van der Waals surface area (Å²) in [5.74, 6) is 0.613. The predicted molar refractivity (Wildman–Crippen MR) is 80.1 cm³/mol. The van der Waals surface area contributed by atoms with E-state index in [2.05, 4.69) is 11.9 Å². The summed E-state index contributed by atoms with van der Waals surface area (Å²) in [5.41, 5.74) is 0.947. The first-order valence-corrected chi connectivity index (χ1v) is 7.32. The molecule has 0 radical (unpaired) electrons. The summed E-state index contributed by atoms with van der Waals surface area (Å²) in [5, 5.41) is 8.74. The van der Waals surface area contributed by atoms with E-state index in [0.717, 1.165) is 37.2 Å². The highest BCUT2D eigenvalue weighted by Gasteiger charge is 2.20. The summed E-state index contributed by atoms with van der Waals surface area (Å²) in [6.07, 6.45) is 2.99. The molecule has 1 N–H and O–H groups in total. The number of piperidine rings is 1. The van der Waals surface area contributed by atoms with Crippen LogP contribution >= 0.6 is 0 Å². The number of ether oxygens (including phenoxy) is 2. The number of benzene rings is 1. The maximum atomic E-state index is 10.6. The highest BCUT2D eigenvalue weighted by Crippen LogP contribution is 2.30. The molecule has 0 amide bonds. The van der Waals surface area contributed by atoms with Gasteiger partial charge in [-0.1, -0.05) is 6.07 Å². The van der Waals surface area contributed by atoms with Gasteiger partial charge >= 0.3 is 5.97 Å². The monoisotopic (exact) mass is 293 g/mol. The Morgan fingerprint density at radius 3 is 2.90 bits per heavy atom. The van der Waals surface area contributed by atoms with E-state index < -0.39 is 5.97 Å². The van der Waals surface area contributed by atoms with E-state index >= 15 is 0 Å². The van der Waals surface area contributed by atoms with Crippen LogP contribution in [-0.4, -0.2) is 49.3 Å². The topological polar surface area (TPSA) is 59.0 Å². The van der Waals surface area contributed by atoms with Crippen molar-refractivity contribution in [2.45, 2.75) is 31.8 Å². The molecule has 1 aromatic carbocycles. The van der Waals surface area contributed by atoms with Crippen LogP contribution in [0.2, 0.25) is 0 Å². The molecule has 5 nitrogen and oxygen atoms in total. The number of carboxylic acid groups (broad SMARTS) is 1. The minimum atomic E-state index is -0.792.